The molecule has 0 radical (unpaired) electrons. The summed E-state index contributed by atoms with van der Waals surface area (Å²) < 4.78 is 33.2. The second-order valence-corrected chi connectivity index (χ2v) is 11.3. The van der Waals surface area contributed by atoms with Gasteiger partial charge in [0.25, 0.3) is 10.0 Å². The summed E-state index contributed by atoms with van der Waals surface area (Å²) in [6, 6.07) is 14.9. The van der Waals surface area contributed by atoms with Gasteiger partial charge < -0.3 is 10.1 Å². The maximum absolute atomic E-state index is 13.3. The van der Waals surface area contributed by atoms with E-state index < -0.39 is 10.0 Å². The number of hydrogen-bond donors (Lipinski definition) is 1. The van der Waals surface area contributed by atoms with Crippen LogP contribution in [-0.2, 0) is 14.8 Å². The van der Waals surface area contributed by atoms with Gasteiger partial charge >= 0.3 is 0 Å². The number of rotatable bonds is 10. The molecular formula is C22H30N2O4S2. The van der Waals surface area contributed by atoms with E-state index in [4.69, 9.17) is 4.74 Å². The Morgan fingerprint density at radius 2 is 1.70 bits per heavy atom. The minimum atomic E-state index is -3.92. The number of para-hydroxylation sites is 1. The average molecular weight is 451 g/mol. The highest BCUT2D eigenvalue weighted by atomic mass is 32.2. The molecular weight excluding hydrogens is 420 g/mol. The number of carbonyl (C=O) groups excluding carboxylic acids is 1. The van der Waals surface area contributed by atoms with Crippen molar-refractivity contribution >= 4 is 33.4 Å². The lowest BCUT2D eigenvalue weighted by Crippen LogP contribution is -2.41. The van der Waals surface area contributed by atoms with Crippen molar-refractivity contribution in [1.29, 1.82) is 0 Å². The first-order valence-corrected chi connectivity index (χ1v) is 12.3. The number of sulfonamides is 1. The number of carbonyl (C=O) groups is 1. The van der Waals surface area contributed by atoms with Gasteiger partial charge in [0, 0.05) is 17.0 Å². The fourth-order valence-electron chi connectivity index (χ4n) is 2.65. The molecule has 6 nitrogen and oxygen atoms in total. The lowest BCUT2D eigenvalue weighted by Gasteiger charge is -2.24. The van der Waals surface area contributed by atoms with Crippen molar-refractivity contribution < 1.29 is 17.9 Å². The van der Waals surface area contributed by atoms with Gasteiger partial charge in [-0.3, -0.25) is 9.10 Å². The first-order chi connectivity index (χ1) is 14.1. The summed E-state index contributed by atoms with van der Waals surface area (Å²) >= 11 is 1.74. The SMILES string of the molecule is CCOc1ccc(S(=O)(=O)N(CC(=O)NCCSC(C)(C)C)c2ccccc2)cc1. The maximum atomic E-state index is 13.3. The fourth-order valence-corrected chi connectivity index (χ4v) is 4.88. The number of anilines is 1. The van der Waals surface area contributed by atoms with E-state index in [0.29, 0.717) is 24.6 Å². The Hall–Kier alpha value is -2.19. The predicted octanol–water partition coefficient (Wildman–Crippen LogP) is 3.93. The van der Waals surface area contributed by atoms with Crippen molar-refractivity contribution in [1.82, 2.24) is 5.32 Å². The van der Waals surface area contributed by atoms with Crippen molar-refractivity contribution in [2.75, 3.05) is 29.8 Å². The van der Waals surface area contributed by atoms with E-state index in [-0.39, 0.29) is 22.1 Å². The number of amides is 1. The van der Waals surface area contributed by atoms with Crippen molar-refractivity contribution in [2.24, 2.45) is 0 Å². The normalized spacial score (nSPS) is 11.7. The van der Waals surface area contributed by atoms with Gasteiger partial charge in [-0.15, -0.1) is 0 Å². The molecule has 2 rings (SSSR count). The molecule has 0 aliphatic carbocycles. The highest BCUT2D eigenvalue weighted by Gasteiger charge is 2.27. The molecule has 0 heterocycles. The van der Waals surface area contributed by atoms with Crippen molar-refractivity contribution in [2.45, 2.75) is 37.3 Å². The van der Waals surface area contributed by atoms with Gasteiger partial charge in [0.1, 0.15) is 12.3 Å². The number of thioether (sulfide) groups is 1. The number of nitrogens with one attached hydrogen (secondary N) is 1. The van der Waals surface area contributed by atoms with E-state index in [1.54, 1.807) is 54.2 Å². The van der Waals surface area contributed by atoms with E-state index in [9.17, 15) is 13.2 Å². The van der Waals surface area contributed by atoms with Crippen LogP contribution in [-0.4, -0.2) is 44.5 Å². The minimum absolute atomic E-state index is 0.103. The van der Waals surface area contributed by atoms with Crippen molar-refractivity contribution in [3.8, 4) is 5.75 Å². The second-order valence-electron chi connectivity index (χ2n) is 7.56. The van der Waals surface area contributed by atoms with Crippen LogP contribution in [0.4, 0.5) is 5.69 Å². The Bertz CT molecular complexity index is 908. The summed E-state index contributed by atoms with van der Waals surface area (Å²) in [5.41, 5.74) is 0.436. The lowest BCUT2D eigenvalue weighted by atomic mass is 10.3. The largest absolute Gasteiger partial charge is 0.494 e. The van der Waals surface area contributed by atoms with Gasteiger partial charge in [-0.05, 0) is 43.3 Å². The zero-order chi connectivity index (χ0) is 22.2. The van der Waals surface area contributed by atoms with Crippen LogP contribution in [0.3, 0.4) is 0 Å². The van der Waals surface area contributed by atoms with Gasteiger partial charge in [0.2, 0.25) is 5.91 Å². The topological polar surface area (TPSA) is 75.7 Å². The minimum Gasteiger partial charge on any atom is -0.494 e. The summed E-state index contributed by atoms with van der Waals surface area (Å²) in [5.74, 6) is 1.01. The van der Waals surface area contributed by atoms with Gasteiger partial charge in [-0.25, -0.2) is 8.42 Å². The molecule has 0 unspecified atom stereocenters. The molecule has 30 heavy (non-hydrogen) atoms. The molecule has 0 atom stereocenters. The summed E-state index contributed by atoms with van der Waals surface area (Å²) in [6.07, 6.45) is 0. The van der Waals surface area contributed by atoms with Crippen LogP contribution < -0.4 is 14.4 Å². The van der Waals surface area contributed by atoms with E-state index in [0.717, 1.165) is 10.1 Å². The van der Waals surface area contributed by atoms with Crippen LogP contribution >= 0.6 is 11.8 Å². The molecule has 1 N–H and O–H groups in total. The summed E-state index contributed by atoms with van der Waals surface area (Å²) in [7, 11) is -3.92. The lowest BCUT2D eigenvalue weighted by molar-refractivity contribution is -0.119. The van der Waals surface area contributed by atoms with E-state index >= 15 is 0 Å². The first-order valence-electron chi connectivity index (χ1n) is 9.85. The van der Waals surface area contributed by atoms with E-state index in [1.807, 2.05) is 6.92 Å². The third kappa shape index (κ3) is 7.25. The molecule has 2 aromatic carbocycles. The number of nitrogens with zero attached hydrogens (tertiary/aromatic N) is 1. The summed E-state index contributed by atoms with van der Waals surface area (Å²) in [4.78, 5) is 12.6. The highest BCUT2D eigenvalue weighted by molar-refractivity contribution is 8.00. The molecule has 0 aliphatic heterocycles. The van der Waals surface area contributed by atoms with Crippen LogP contribution in [0.15, 0.2) is 59.5 Å². The van der Waals surface area contributed by atoms with Crippen LogP contribution in [0.5, 0.6) is 5.75 Å². The fraction of sp³-hybridized carbons (Fsp3) is 0.409. The zero-order valence-electron chi connectivity index (χ0n) is 17.9. The summed E-state index contributed by atoms with van der Waals surface area (Å²) in [6.45, 7) is 8.88. The van der Waals surface area contributed by atoms with E-state index in [1.165, 1.54) is 12.1 Å². The standard InChI is InChI=1S/C22H30N2O4S2/c1-5-28-19-11-13-20(14-12-19)30(26,27)24(18-9-7-6-8-10-18)17-21(25)23-15-16-29-22(2,3)4/h6-14H,5,15-17H2,1-4H3,(H,23,25). The molecule has 0 saturated heterocycles. The molecule has 2 aromatic rings. The molecule has 164 valence electrons. The number of hydrogen-bond acceptors (Lipinski definition) is 5. The van der Waals surface area contributed by atoms with Crippen LogP contribution in [0.1, 0.15) is 27.7 Å². The maximum Gasteiger partial charge on any atom is 0.264 e. The molecule has 0 aliphatic rings. The van der Waals surface area contributed by atoms with Crippen molar-refractivity contribution in [3.05, 3.63) is 54.6 Å². The Balaban J connectivity index is 2.18. The Morgan fingerprint density at radius 3 is 2.27 bits per heavy atom. The Labute approximate surface area is 184 Å². The molecule has 0 aromatic heterocycles. The van der Waals surface area contributed by atoms with Gasteiger partial charge in [-0.2, -0.15) is 11.8 Å². The van der Waals surface area contributed by atoms with Gasteiger partial charge in [0.15, 0.2) is 0 Å². The third-order valence-corrected chi connectivity index (χ3v) is 7.08. The smallest absolute Gasteiger partial charge is 0.264 e. The molecule has 1 amide bonds. The zero-order valence-corrected chi connectivity index (χ0v) is 19.6. The average Bonchev–Trinajstić information content (AvgIpc) is 2.70. The Morgan fingerprint density at radius 1 is 1.07 bits per heavy atom. The molecule has 8 heteroatoms. The number of ether oxygens (including phenoxy) is 1. The predicted molar refractivity (Wildman–Crippen MR) is 124 cm³/mol. The van der Waals surface area contributed by atoms with Crippen LogP contribution in [0.2, 0.25) is 0 Å². The van der Waals surface area contributed by atoms with Gasteiger partial charge in [-0.1, -0.05) is 39.0 Å². The molecule has 0 fully saturated rings. The second kappa shape index (κ2) is 10.7. The highest BCUT2D eigenvalue weighted by Crippen LogP contribution is 2.25. The van der Waals surface area contributed by atoms with Crippen molar-refractivity contribution in [3.63, 3.8) is 0 Å². The Kier molecular flexibility index (Phi) is 8.61. The molecule has 0 bridgehead atoms. The van der Waals surface area contributed by atoms with Crippen LogP contribution in [0.25, 0.3) is 0 Å². The number of benzene rings is 2. The molecule has 0 saturated carbocycles. The van der Waals surface area contributed by atoms with E-state index in [2.05, 4.69) is 26.1 Å². The summed E-state index contributed by atoms with van der Waals surface area (Å²) in [5, 5.41) is 2.82. The first kappa shape index (κ1) is 24.1. The molecule has 0 spiro atoms. The quantitative estimate of drug-likeness (QED) is 0.555. The third-order valence-electron chi connectivity index (χ3n) is 4.01. The van der Waals surface area contributed by atoms with Crippen LogP contribution in [0, 0.1) is 0 Å². The monoisotopic (exact) mass is 450 g/mol. The van der Waals surface area contributed by atoms with Gasteiger partial charge in [0.05, 0.1) is 17.2 Å².